The van der Waals surface area contributed by atoms with E-state index in [-0.39, 0.29) is 29.0 Å². The summed E-state index contributed by atoms with van der Waals surface area (Å²) in [5.41, 5.74) is -7.26. The zero-order valence-corrected chi connectivity index (χ0v) is 20.6. The van der Waals surface area contributed by atoms with Crippen molar-refractivity contribution >= 4 is 32.5 Å². The first kappa shape index (κ1) is 27.4. The Bertz CT molecular complexity index is 1920. The number of benzene rings is 4. The SMILES string of the molecule is FC(F)(F)c1cc(Oc2nnc(-c3cc4ccccc4o3)c3cc4ccccc4cc23)cc(C(F)(F)F)c1C(F)(F)F. The number of ether oxygens (including phenoxy) is 1. The number of aromatic nitrogens is 2. The molecule has 0 fully saturated rings. The fraction of sp³-hybridized carbons (Fsp3) is 0.103. The molecule has 0 bridgehead atoms. The van der Waals surface area contributed by atoms with Gasteiger partial charge < -0.3 is 9.15 Å². The number of fused-ring (bicyclic) bond motifs is 3. The van der Waals surface area contributed by atoms with Crippen LogP contribution in [0, 0.1) is 0 Å². The van der Waals surface area contributed by atoms with Crippen molar-refractivity contribution in [3.05, 3.63) is 95.6 Å². The molecule has 6 aromatic rings. The molecule has 4 aromatic carbocycles. The molecule has 0 aliphatic heterocycles. The van der Waals surface area contributed by atoms with E-state index in [1.165, 1.54) is 6.07 Å². The molecule has 13 heteroatoms. The van der Waals surface area contributed by atoms with E-state index < -0.39 is 46.8 Å². The minimum Gasteiger partial charge on any atom is -0.454 e. The molecule has 0 radical (unpaired) electrons. The second-order valence-corrected chi connectivity index (χ2v) is 9.24. The fourth-order valence-electron chi connectivity index (χ4n) is 4.71. The quantitative estimate of drug-likeness (QED) is 0.152. The van der Waals surface area contributed by atoms with Gasteiger partial charge in [-0.3, -0.25) is 0 Å². The first-order valence-electron chi connectivity index (χ1n) is 12.0. The Hall–Kier alpha value is -4.81. The Balaban J connectivity index is 1.58. The molecule has 0 N–H and O–H groups in total. The van der Waals surface area contributed by atoms with Crippen molar-refractivity contribution in [2.45, 2.75) is 18.5 Å². The van der Waals surface area contributed by atoms with Crippen molar-refractivity contribution < 1.29 is 48.7 Å². The van der Waals surface area contributed by atoms with Gasteiger partial charge in [0.1, 0.15) is 17.0 Å². The van der Waals surface area contributed by atoms with Crippen molar-refractivity contribution in [3.63, 3.8) is 0 Å². The maximum Gasteiger partial charge on any atom is 0.417 e. The number of hydrogen-bond donors (Lipinski definition) is 0. The number of rotatable bonds is 3. The molecule has 6 rings (SSSR count). The number of alkyl halides is 9. The van der Waals surface area contributed by atoms with Gasteiger partial charge in [0.15, 0.2) is 5.76 Å². The summed E-state index contributed by atoms with van der Waals surface area (Å²) in [5.74, 6) is -1.43. The van der Waals surface area contributed by atoms with Gasteiger partial charge in [0.25, 0.3) is 0 Å². The van der Waals surface area contributed by atoms with Crippen LogP contribution in [0.5, 0.6) is 11.6 Å². The third-order valence-corrected chi connectivity index (χ3v) is 6.49. The minimum atomic E-state index is -5.96. The van der Waals surface area contributed by atoms with Gasteiger partial charge in [-0.05, 0) is 47.2 Å². The molecule has 2 aromatic heterocycles. The summed E-state index contributed by atoms with van der Waals surface area (Å²) >= 11 is 0. The van der Waals surface area contributed by atoms with Crippen LogP contribution in [-0.4, -0.2) is 10.2 Å². The maximum atomic E-state index is 13.7. The highest BCUT2D eigenvalue weighted by atomic mass is 19.4. The van der Waals surface area contributed by atoms with Crippen LogP contribution in [0.1, 0.15) is 16.7 Å². The van der Waals surface area contributed by atoms with E-state index in [0.717, 1.165) is 5.39 Å². The van der Waals surface area contributed by atoms with Crippen molar-refractivity contribution in [2.75, 3.05) is 0 Å². The normalized spacial score (nSPS) is 12.9. The molecule has 0 atom stereocenters. The van der Waals surface area contributed by atoms with Crippen LogP contribution >= 0.6 is 0 Å². The molecule has 0 aliphatic rings. The zero-order valence-electron chi connectivity index (χ0n) is 20.6. The van der Waals surface area contributed by atoms with Crippen LogP contribution in [0.3, 0.4) is 0 Å². The molecular weight excluding hydrogens is 579 g/mol. The highest BCUT2D eigenvalue weighted by Crippen LogP contribution is 2.49. The molecular formula is C29H13F9N2O2. The summed E-state index contributed by atoms with van der Waals surface area (Å²) in [7, 11) is 0. The Kier molecular flexibility index (Phi) is 6.10. The summed E-state index contributed by atoms with van der Waals surface area (Å²) in [6, 6.07) is 18.5. The average Bonchev–Trinajstić information content (AvgIpc) is 3.34. The fourth-order valence-corrected chi connectivity index (χ4v) is 4.71. The molecule has 0 spiro atoms. The molecule has 2 heterocycles. The Labute approximate surface area is 228 Å². The predicted octanol–water partition coefficient (Wildman–Crippen LogP) is 10.0. The Morgan fingerprint density at radius 3 is 1.67 bits per heavy atom. The molecule has 4 nitrogen and oxygen atoms in total. The van der Waals surface area contributed by atoms with Gasteiger partial charge in [-0.25, -0.2) is 0 Å². The van der Waals surface area contributed by atoms with Gasteiger partial charge >= 0.3 is 18.5 Å². The van der Waals surface area contributed by atoms with E-state index >= 15 is 0 Å². The van der Waals surface area contributed by atoms with Crippen LogP contribution in [0.2, 0.25) is 0 Å². The number of furan rings is 1. The molecule has 0 aliphatic carbocycles. The smallest absolute Gasteiger partial charge is 0.417 e. The molecule has 42 heavy (non-hydrogen) atoms. The lowest BCUT2D eigenvalue weighted by Crippen LogP contribution is -2.23. The first-order chi connectivity index (χ1) is 19.7. The number of hydrogen-bond acceptors (Lipinski definition) is 4. The molecule has 214 valence electrons. The van der Waals surface area contributed by atoms with Crippen molar-refractivity contribution in [2.24, 2.45) is 0 Å². The Morgan fingerprint density at radius 2 is 1.12 bits per heavy atom. The highest BCUT2D eigenvalue weighted by molar-refractivity contribution is 6.05. The van der Waals surface area contributed by atoms with Crippen LogP contribution in [0.15, 0.2) is 83.3 Å². The average molecular weight is 592 g/mol. The number of halogens is 9. The standard InChI is InChI=1S/C29H13F9N2O2/c30-27(31,32)20-12-17(13-21(28(33,34)35)24(20)29(36,37)38)41-26-19-10-15-6-2-1-5-14(15)9-18(19)25(39-40-26)23-11-16-7-3-4-8-22(16)42-23/h1-13H. The third-order valence-electron chi connectivity index (χ3n) is 6.49. The summed E-state index contributed by atoms with van der Waals surface area (Å²) in [6.07, 6.45) is -17.5. The third kappa shape index (κ3) is 4.84. The van der Waals surface area contributed by atoms with Crippen LogP contribution in [0.25, 0.3) is 44.0 Å². The van der Waals surface area contributed by atoms with E-state index in [1.54, 1.807) is 60.7 Å². The van der Waals surface area contributed by atoms with Gasteiger partial charge in [0.2, 0.25) is 5.88 Å². The lowest BCUT2D eigenvalue weighted by molar-refractivity contribution is -0.174. The molecule has 0 amide bonds. The van der Waals surface area contributed by atoms with Crippen molar-refractivity contribution in [3.8, 4) is 23.1 Å². The predicted molar refractivity (Wildman–Crippen MR) is 134 cm³/mol. The highest BCUT2D eigenvalue weighted by Gasteiger charge is 2.50. The summed E-state index contributed by atoms with van der Waals surface area (Å²) in [4.78, 5) is 0. The lowest BCUT2D eigenvalue weighted by Gasteiger charge is -2.22. The molecule has 0 saturated heterocycles. The van der Waals surface area contributed by atoms with E-state index in [2.05, 4.69) is 10.2 Å². The van der Waals surface area contributed by atoms with Gasteiger partial charge in [-0.2, -0.15) is 39.5 Å². The van der Waals surface area contributed by atoms with Crippen molar-refractivity contribution in [1.82, 2.24) is 10.2 Å². The zero-order chi connectivity index (χ0) is 30.0. The van der Waals surface area contributed by atoms with Crippen LogP contribution < -0.4 is 4.74 Å². The number of nitrogens with zero attached hydrogens (tertiary/aromatic N) is 2. The maximum absolute atomic E-state index is 13.7. The van der Waals surface area contributed by atoms with Gasteiger partial charge in [-0.15, -0.1) is 10.2 Å². The lowest BCUT2D eigenvalue weighted by atomic mass is 9.98. The second-order valence-electron chi connectivity index (χ2n) is 9.24. The second kappa shape index (κ2) is 9.36. The van der Waals surface area contributed by atoms with E-state index in [1.807, 2.05) is 0 Å². The first-order valence-corrected chi connectivity index (χ1v) is 12.0. The monoisotopic (exact) mass is 592 g/mol. The summed E-state index contributed by atoms with van der Waals surface area (Å²) < 4.78 is 134. The van der Waals surface area contributed by atoms with Crippen LogP contribution in [0.4, 0.5) is 39.5 Å². The summed E-state index contributed by atoms with van der Waals surface area (Å²) in [6.45, 7) is 0. The van der Waals surface area contributed by atoms with E-state index in [9.17, 15) is 39.5 Å². The number of para-hydroxylation sites is 1. The van der Waals surface area contributed by atoms with Gasteiger partial charge in [0.05, 0.1) is 16.7 Å². The van der Waals surface area contributed by atoms with E-state index in [4.69, 9.17) is 9.15 Å². The topological polar surface area (TPSA) is 48.2 Å². The molecule has 0 saturated carbocycles. The van der Waals surface area contributed by atoms with Gasteiger partial charge in [-0.1, -0.05) is 42.5 Å². The van der Waals surface area contributed by atoms with Crippen LogP contribution in [-0.2, 0) is 18.5 Å². The molecule has 0 unspecified atom stereocenters. The largest absolute Gasteiger partial charge is 0.454 e. The van der Waals surface area contributed by atoms with Crippen molar-refractivity contribution in [1.29, 1.82) is 0 Å². The van der Waals surface area contributed by atoms with E-state index in [0.29, 0.717) is 21.7 Å². The summed E-state index contributed by atoms with van der Waals surface area (Å²) in [5, 5.41) is 10.4. The van der Waals surface area contributed by atoms with Gasteiger partial charge in [0, 0.05) is 16.2 Å². The Morgan fingerprint density at radius 1 is 0.571 bits per heavy atom. The minimum absolute atomic E-state index is 0.112.